The van der Waals surface area contributed by atoms with E-state index in [2.05, 4.69) is 67.3 Å². The predicted molar refractivity (Wildman–Crippen MR) is 90.1 cm³/mol. The van der Waals surface area contributed by atoms with Crippen LogP contribution in [-0.4, -0.2) is 18.0 Å². The predicted octanol–water partition coefficient (Wildman–Crippen LogP) is 3.65. The Hall–Kier alpha value is -1.64. The molecule has 21 heavy (non-hydrogen) atoms. The van der Waals surface area contributed by atoms with Crippen molar-refractivity contribution in [2.45, 2.75) is 33.4 Å². The Morgan fingerprint density at radius 1 is 0.905 bits per heavy atom. The molecule has 0 aromatic heterocycles. The minimum atomic E-state index is 0.748. The summed E-state index contributed by atoms with van der Waals surface area (Å²) in [6.07, 6.45) is 1.04. The summed E-state index contributed by atoms with van der Waals surface area (Å²) in [6.45, 7) is 8.15. The van der Waals surface area contributed by atoms with Crippen LogP contribution in [0.2, 0.25) is 0 Å². The molecule has 0 atom stereocenters. The van der Waals surface area contributed by atoms with E-state index in [1.807, 2.05) is 0 Å². The van der Waals surface area contributed by atoms with Crippen molar-refractivity contribution >= 4 is 0 Å². The quantitative estimate of drug-likeness (QED) is 0.840. The summed E-state index contributed by atoms with van der Waals surface area (Å²) >= 11 is 0. The Labute approximate surface area is 128 Å². The van der Waals surface area contributed by atoms with Gasteiger partial charge in [-0.15, -0.1) is 0 Å². The largest absolute Gasteiger partial charge is 0.330 e. The van der Waals surface area contributed by atoms with Crippen LogP contribution in [0.15, 0.2) is 48.5 Å². The number of nitrogens with two attached hydrogens (primary N) is 1. The number of rotatable bonds is 7. The monoisotopic (exact) mass is 282 g/mol. The van der Waals surface area contributed by atoms with E-state index in [0.717, 1.165) is 32.6 Å². The van der Waals surface area contributed by atoms with Crippen LogP contribution in [-0.2, 0) is 13.1 Å². The minimum Gasteiger partial charge on any atom is -0.330 e. The molecule has 0 heterocycles. The van der Waals surface area contributed by atoms with Gasteiger partial charge in [0.15, 0.2) is 0 Å². The van der Waals surface area contributed by atoms with Gasteiger partial charge in [0.05, 0.1) is 0 Å². The number of hydrogen-bond donors (Lipinski definition) is 1. The fraction of sp³-hybridized carbons (Fsp3) is 0.368. The van der Waals surface area contributed by atoms with Crippen LogP contribution in [0.3, 0.4) is 0 Å². The zero-order valence-electron chi connectivity index (χ0n) is 13.2. The van der Waals surface area contributed by atoms with Gasteiger partial charge < -0.3 is 5.73 Å². The van der Waals surface area contributed by atoms with Crippen molar-refractivity contribution < 1.29 is 0 Å². The van der Waals surface area contributed by atoms with Crippen molar-refractivity contribution in [3.63, 3.8) is 0 Å². The van der Waals surface area contributed by atoms with Gasteiger partial charge in [-0.3, -0.25) is 4.90 Å². The maximum atomic E-state index is 5.69. The Balaban J connectivity index is 2.10. The van der Waals surface area contributed by atoms with Gasteiger partial charge in [0.25, 0.3) is 0 Å². The molecule has 0 saturated carbocycles. The van der Waals surface area contributed by atoms with Crippen LogP contribution >= 0.6 is 0 Å². The average molecular weight is 282 g/mol. The van der Waals surface area contributed by atoms with E-state index < -0.39 is 0 Å². The number of aryl methyl sites for hydroxylation is 1. The van der Waals surface area contributed by atoms with Crippen LogP contribution in [0.4, 0.5) is 0 Å². The molecule has 2 N–H and O–H groups in total. The Morgan fingerprint density at radius 3 is 2.38 bits per heavy atom. The van der Waals surface area contributed by atoms with Crippen LogP contribution < -0.4 is 5.73 Å². The van der Waals surface area contributed by atoms with Gasteiger partial charge in [-0.2, -0.15) is 0 Å². The highest BCUT2D eigenvalue weighted by Gasteiger charge is 2.09. The zero-order chi connectivity index (χ0) is 15.1. The van der Waals surface area contributed by atoms with E-state index in [9.17, 15) is 0 Å². The third-order valence-corrected chi connectivity index (χ3v) is 4.04. The lowest BCUT2D eigenvalue weighted by atomic mass is 10.0. The molecular formula is C19H26N2. The summed E-state index contributed by atoms with van der Waals surface area (Å²) in [6, 6.07) is 17.2. The normalized spacial score (nSPS) is 11.0. The molecule has 0 saturated heterocycles. The topological polar surface area (TPSA) is 29.3 Å². The molecule has 0 aliphatic heterocycles. The maximum absolute atomic E-state index is 5.69. The molecular weight excluding hydrogens is 256 g/mol. The summed E-state index contributed by atoms with van der Waals surface area (Å²) < 4.78 is 0. The standard InChI is InChI=1S/C19H26N2/c1-16-8-6-11-19(17(16)2)15-21(13-7-12-20)14-18-9-4-3-5-10-18/h3-6,8-11H,7,12-15,20H2,1-2H3. The highest BCUT2D eigenvalue weighted by atomic mass is 15.1. The lowest BCUT2D eigenvalue weighted by molar-refractivity contribution is 0.254. The summed E-state index contributed by atoms with van der Waals surface area (Å²) in [7, 11) is 0. The molecule has 0 fully saturated rings. The molecule has 0 aliphatic rings. The van der Waals surface area contributed by atoms with Crippen molar-refractivity contribution in [2.24, 2.45) is 5.73 Å². The second kappa shape index (κ2) is 7.96. The summed E-state index contributed by atoms with van der Waals surface area (Å²) in [5.74, 6) is 0. The maximum Gasteiger partial charge on any atom is 0.0240 e. The fourth-order valence-electron chi connectivity index (χ4n) is 2.59. The van der Waals surface area contributed by atoms with Gasteiger partial charge in [-0.1, -0.05) is 48.5 Å². The van der Waals surface area contributed by atoms with E-state index in [-0.39, 0.29) is 0 Å². The molecule has 0 unspecified atom stereocenters. The lowest BCUT2D eigenvalue weighted by Crippen LogP contribution is -2.26. The number of benzene rings is 2. The minimum absolute atomic E-state index is 0.748. The third-order valence-electron chi connectivity index (χ3n) is 4.04. The molecule has 0 spiro atoms. The second-order valence-electron chi connectivity index (χ2n) is 5.70. The Morgan fingerprint density at radius 2 is 1.67 bits per heavy atom. The lowest BCUT2D eigenvalue weighted by Gasteiger charge is -2.23. The SMILES string of the molecule is Cc1cccc(CN(CCCN)Cc2ccccc2)c1C. The number of nitrogens with zero attached hydrogens (tertiary/aromatic N) is 1. The van der Waals surface area contributed by atoms with Gasteiger partial charge in [0.1, 0.15) is 0 Å². The first-order valence-corrected chi connectivity index (χ1v) is 7.72. The van der Waals surface area contributed by atoms with Crippen molar-refractivity contribution in [2.75, 3.05) is 13.1 Å². The first-order chi connectivity index (χ1) is 10.2. The van der Waals surface area contributed by atoms with Crippen molar-refractivity contribution in [3.8, 4) is 0 Å². The third kappa shape index (κ3) is 4.69. The van der Waals surface area contributed by atoms with Crippen LogP contribution in [0.1, 0.15) is 28.7 Å². The first kappa shape index (κ1) is 15.7. The highest BCUT2D eigenvalue weighted by molar-refractivity contribution is 5.33. The van der Waals surface area contributed by atoms with Crippen molar-refractivity contribution in [1.29, 1.82) is 0 Å². The van der Waals surface area contributed by atoms with E-state index in [1.54, 1.807) is 0 Å². The van der Waals surface area contributed by atoms with Crippen LogP contribution in [0, 0.1) is 13.8 Å². The summed E-state index contributed by atoms with van der Waals surface area (Å²) in [4.78, 5) is 2.49. The van der Waals surface area contributed by atoms with Gasteiger partial charge in [0, 0.05) is 19.6 Å². The molecule has 2 aromatic rings. The molecule has 0 bridgehead atoms. The van der Waals surface area contributed by atoms with E-state index >= 15 is 0 Å². The van der Waals surface area contributed by atoms with Gasteiger partial charge >= 0.3 is 0 Å². The van der Waals surface area contributed by atoms with Crippen molar-refractivity contribution in [1.82, 2.24) is 4.90 Å². The highest BCUT2D eigenvalue weighted by Crippen LogP contribution is 2.16. The molecule has 112 valence electrons. The molecule has 0 aliphatic carbocycles. The van der Waals surface area contributed by atoms with E-state index in [4.69, 9.17) is 5.73 Å². The molecule has 2 rings (SSSR count). The van der Waals surface area contributed by atoms with Crippen LogP contribution in [0.5, 0.6) is 0 Å². The van der Waals surface area contributed by atoms with Gasteiger partial charge in [-0.25, -0.2) is 0 Å². The first-order valence-electron chi connectivity index (χ1n) is 7.72. The van der Waals surface area contributed by atoms with E-state index in [1.165, 1.54) is 22.3 Å². The zero-order valence-corrected chi connectivity index (χ0v) is 13.2. The molecule has 2 heteroatoms. The van der Waals surface area contributed by atoms with Gasteiger partial charge in [-0.05, 0) is 49.1 Å². The summed E-state index contributed by atoms with van der Waals surface area (Å²) in [5.41, 5.74) is 11.2. The summed E-state index contributed by atoms with van der Waals surface area (Å²) in [5, 5.41) is 0. The average Bonchev–Trinajstić information content (AvgIpc) is 2.50. The molecule has 0 amide bonds. The molecule has 2 aromatic carbocycles. The number of hydrogen-bond acceptors (Lipinski definition) is 2. The second-order valence-corrected chi connectivity index (χ2v) is 5.70. The van der Waals surface area contributed by atoms with Gasteiger partial charge in [0.2, 0.25) is 0 Å². The smallest absolute Gasteiger partial charge is 0.0240 e. The molecule has 0 radical (unpaired) electrons. The molecule has 2 nitrogen and oxygen atoms in total. The van der Waals surface area contributed by atoms with Crippen LogP contribution in [0.25, 0.3) is 0 Å². The van der Waals surface area contributed by atoms with E-state index in [0.29, 0.717) is 0 Å². The fourth-order valence-corrected chi connectivity index (χ4v) is 2.59. The Kier molecular flexibility index (Phi) is 5.97. The Bertz CT molecular complexity index is 549. The van der Waals surface area contributed by atoms with Crippen molar-refractivity contribution in [3.05, 3.63) is 70.8 Å².